The summed E-state index contributed by atoms with van der Waals surface area (Å²) in [6.07, 6.45) is -4.20. The zero-order valence-electron chi connectivity index (χ0n) is 7.36. The van der Waals surface area contributed by atoms with E-state index in [0.29, 0.717) is 6.04 Å². The molecule has 0 fully saturated rings. The van der Waals surface area contributed by atoms with Crippen LogP contribution in [0.4, 0.5) is 13.2 Å². The molecule has 0 bridgehead atoms. The Kier molecular flexibility index (Phi) is 4.22. The lowest BCUT2D eigenvalue weighted by molar-refractivity contribution is -0.116. The Hall–Kier alpha value is -0.0731. The molecule has 0 radical (unpaired) electrons. The summed E-state index contributed by atoms with van der Waals surface area (Å²) in [5, 5.41) is 0. The van der Waals surface area contributed by atoms with Gasteiger partial charge in [-0.3, -0.25) is 0 Å². The van der Waals surface area contributed by atoms with E-state index >= 15 is 0 Å². The summed E-state index contributed by atoms with van der Waals surface area (Å²) in [5.74, 6) is 0. The Labute approximate surface area is 70.9 Å². The van der Waals surface area contributed by atoms with Crippen LogP contribution in [0.3, 0.4) is 0 Å². The van der Waals surface area contributed by atoms with Crippen molar-refractivity contribution >= 4 is 8.56 Å². The third-order valence-electron chi connectivity index (χ3n) is 1.75. The highest BCUT2D eigenvalue weighted by Crippen LogP contribution is 2.30. The van der Waals surface area contributed by atoms with Crippen molar-refractivity contribution in [1.82, 2.24) is 0 Å². The Morgan fingerprint density at radius 1 is 1.17 bits per heavy atom. The summed E-state index contributed by atoms with van der Waals surface area (Å²) in [5.41, 5.74) is 0. The molecular formula is C6H13F3O2Si. The fourth-order valence-electron chi connectivity index (χ4n) is 0.947. The SMILES string of the molecule is CC[Si](CC(F)(F)F)(OC)OC. The molecule has 0 saturated carbocycles. The summed E-state index contributed by atoms with van der Waals surface area (Å²) in [6, 6.07) is -0.636. The molecule has 6 heteroatoms. The van der Waals surface area contributed by atoms with Gasteiger partial charge in [-0.15, -0.1) is 0 Å². The normalized spacial score (nSPS) is 13.5. The first kappa shape index (κ1) is 11.9. The number of rotatable bonds is 4. The minimum absolute atomic E-state index is 0.305. The van der Waals surface area contributed by atoms with Crippen LogP contribution >= 0.6 is 0 Å². The van der Waals surface area contributed by atoms with Gasteiger partial charge in [-0.1, -0.05) is 6.92 Å². The summed E-state index contributed by atoms with van der Waals surface area (Å²) in [4.78, 5) is 0. The van der Waals surface area contributed by atoms with Crippen LogP contribution in [0.15, 0.2) is 0 Å². The van der Waals surface area contributed by atoms with Crippen LogP contribution in [0.25, 0.3) is 0 Å². The smallest absolute Gasteiger partial charge is 0.391 e. The van der Waals surface area contributed by atoms with Crippen molar-refractivity contribution in [2.24, 2.45) is 0 Å². The second-order valence-corrected chi connectivity index (χ2v) is 6.16. The molecule has 0 aliphatic rings. The molecule has 0 aromatic rings. The standard InChI is InChI=1S/C6H13F3O2Si/c1-4-12(10-2,11-3)5-6(7,8)9/h4-5H2,1-3H3. The molecule has 0 aliphatic carbocycles. The van der Waals surface area contributed by atoms with Gasteiger partial charge >= 0.3 is 14.7 Å². The fourth-order valence-corrected chi connectivity index (χ4v) is 2.84. The third kappa shape index (κ3) is 3.55. The van der Waals surface area contributed by atoms with Crippen molar-refractivity contribution in [3.05, 3.63) is 0 Å². The van der Waals surface area contributed by atoms with Crippen LogP contribution in [0, 0.1) is 0 Å². The minimum Gasteiger partial charge on any atom is -0.397 e. The Balaban J connectivity index is 4.30. The quantitative estimate of drug-likeness (QED) is 0.651. The molecule has 0 saturated heterocycles. The molecule has 0 aliphatic heterocycles. The molecule has 0 aromatic heterocycles. The first-order chi connectivity index (χ1) is 5.39. The minimum atomic E-state index is -4.20. The van der Waals surface area contributed by atoms with Gasteiger partial charge in [0.05, 0.1) is 6.04 Å². The highest BCUT2D eigenvalue weighted by Gasteiger charge is 2.45. The first-order valence-electron chi connectivity index (χ1n) is 3.56. The zero-order chi connectivity index (χ0) is 9.83. The topological polar surface area (TPSA) is 18.5 Å². The molecule has 0 rings (SSSR count). The lowest BCUT2D eigenvalue weighted by atomic mass is 10.8. The van der Waals surface area contributed by atoms with Gasteiger partial charge in [0.1, 0.15) is 0 Å². The first-order valence-corrected chi connectivity index (χ1v) is 5.79. The van der Waals surface area contributed by atoms with Crippen LogP contribution in [0.5, 0.6) is 0 Å². The maximum absolute atomic E-state index is 12.0. The Morgan fingerprint density at radius 2 is 1.58 bits per heavy atom. The molecule has 0 N–H and O–H groups in total. The van der Waals surface area contributed by atoms with E-state index in [1.54, 1.807) is 6.92 Å². The highest BCUT2D eigenvalue weighted by molar-refractivity contribution is 6.67. The van der Waals surface area contributed by atoms with E-state index in [1.807, 2.05) is 0 Å². The lowest BCUT2D eigenvalue weighted by Gasteiger charge is -2.26. The number of halogens is 3. The molecule has 2 nitrogen and oxygen atoms in total. The molecule has 0 amide bonds. The maximum atomic E-state index is 12.0. The van der Waals surface area contributed by atoms with Crippen LogP contribution in [-0.4, -0.2) is 29.0 Å². The van der Waals surface area contributed by atoms with Crippen molar-refractivity contribution in [2.45, 2.75) is 25.2 Å². The monoisotopic (exact) mass is 202 g/mol. The molecule has 0 aromatic carbocycles. The summed E-state index contributed by atoms with van der Waals surface area (Å²) < 4.78 is 45.6. The molecule has 0 spiro atoms. The summed E-state index contributed by atoms with van der Waals surface area (Å²) >= 11 is 0. The fraction of sp³-hybridized carbons (Fsp3) is 1.00. The number of alkyl halides is 3. The van der Waals surface area contributed by atoms with Crippen LogP contribution in [0.1, 0.15) is 6.92 Å². The summed E-state index contributed by atoms with van der Waals surface area (Å²) in [7, 11) is -0.440. The van der Waals surface area contributed by atoms with Gasteiger partial charge in [0, 0.05) is 14.2 Å². The zero-order valence-corrected chi connectivity index (χ0v) is 8.36. The lowest BCUT2D eigenvalue weighted by Crippen LogP contribution is -2.43. The van der Waals surface area contributed by atoms with Gasteiger partial charge in [-0.2, -0.15) is 13.2 Å². The molecule has 12 heavy (non-hydrogen) atoms. The maximum Gasteiger partial charge on any atom is 0.391 e. The largest absolute Gasteiger partial charge is 0.397 e. The van der Waals surface area contributed by atoms with Crippen molar-refractivity contribution in [3.8, 4) is 0 Å². The van der Waals surface area contributed by atoms with Crippen molar-refractivity contribution in [2.75, 3.05) is 14.2 Å². The highest BCUT2D eigenvalue weighted by atomic mass is 28.4. The van der Waals surface area contributed by atoms with E-state index in [0.717, 1.165) is 0 Å². The average molecular weight is 202 g/mol. The molecule has 74 valence electrons. The van der Waals surface area contributed by atoms with Gasteiger partial charge in [-0.05, 0) is 6.04 Å². The second-order valence-electron chi connectivity index (χ2n) is 2.46. The van der Waals surface area contributed by atoms with E-state index < -0.39 is 20.8 Å². The number of hydrogen-bond acceptors (Lipinski definition) is 2. The predicted molar refractivity (Wildman–Crippen MR) is 41.1 cm³/mol. The van der Waals surface area contributed by atoms with Gasteiger partial charge in [0.2, 0.25) is 0 Å². The van der Waals surface area contributed by atoms with Crippen LogP contribution in [0.2, 0.25) is 12.1 Å². The Bertz CT molecular complexity index is 125. The van der Waals surface area contributed by atoms with Gasteiger partial charge < -0.3 is 8.85 Å². The van der Waals surface area contributed by atoms with E-state index in [2.05, 4.69) is 0 Å². The molecule has 0 atom stereocenters. The van der Waals surface area contributed by atoms with E-state index in [4.69, 9.17) is 8.85 Å². The van der Waals surface area contributed by atoms with Crippen LogP contribution in [-0.2, 0) is 8.85 Å². The molecule has 0 unspecified atom stereocenters. The molecule has 0 heterocycles. The van der Waals surface area contributed by atoms with E-state index in [1.165, 1.54) is 14.2 Å². The van der Waals surface area contributed by atoms with Crippen molar-refractivity contribution in [1.29, 1.82) is 0 Å². The van der Waals surface area contributed by atoms with E-state index in [9.17, 15) is 13.2 Å². The van der Waals surface area contributed by atoms with Gasteiger partial charge in [-0.25, -0.2) is 0 Å². The second kappa shape index (κ2) is 4.24. The Morgan fingerprint density at radius 3 is 1.67 bits per heavy atom. The predicted octanol–water partition coefficient (Wildman–Crippen LogP) is 2.30. The van der Waals surface area contributed by atoms with Crippen molar-refractivity contribution < 1.29 is 22.0 Å². The summed E-state index contributed by atoms with van der Waals surface area (Å²) in [6.45, 7) is 1.64. The van der Waals surface area contributed by atoms with E-state index in [-0.39, 0.29) is 0 Å². The van der Waals surface area contributed by atoms with Crippen molar-refractivity contribution in [3.63, 3.8) is 0 Å². The number of hydrogen-bond donors (Lipinski definition) is 0. The van der Waals surface area contributed by atoms with Crippen LogP contribution < -0.4 is 0 Å². The third-order valence-corrected chi connectivity index (χ3v) is 5.26. The molecular weight excluding hydrogens is 189 g/mol. The van der Waals surface area contributed by atoms with Gasteiger partial charge in [0.15, 0.2) is 0 Å². The average Bonchev–Trinajstić information content (AvgIpc) is 1.99. The van der Waals surface area contributed by atoms with Gasteiger partial charge in [0.25, 0.3) is 0 Å².